The second-order valence-corrected chi connectivity index (χ2v) is 8.14. The van der Waals surface area contributed by atoms with Crippen molar-refractivity contribution in [2.24, 2.45) is 5.14 Å². The lowest BCUT2D eigenvalue weighted by Crippen LogP contribution is -2.48. The highest BCUT2D eigenvalue weighted by molar-refractivity contribution is 7.89. The highest BCUT2D eigenvalue weighted by atomic mass is 32.2. The molecule has 0 saturated carbocycles. The predicted molar refractivity (Wildman–Crippen MR) is 96.0 cm³/mol. The van der Waals surface area contributed by atoms with E-state index < -0.39 is 10.0 Å². The minimum absolute atomic E-state index is 0.0260. The Hall–Kier alpha value is -1.52. The lowest BCUT2D eigenvalue weighted by Gasteiger charge is -2.37. The van der Waals surface area contributed by atoms with Gasteiger partial charge in [0.25, 0.3) is 0 Å². The Kier molecular flexibility index (Phi) is 6.25. The lowest BCUT2D eigenvalue weighted by atomic mass is 10.0. The molecule has 1 amide bonds. The van der Waals surface area contributed by atoms with Gasteiger partial charge in [0.15, 0.2) is 6.29 Å². The van der Waals surface area contributed by atoms with Crippen LogP contribution < -0.4 is 10.5 Å². The van der Waals surface area contributed by atoms with Crippen molar-refractivity contribution < 1.29 is 22.7 Å². The summed E-state index contributed by atoms with van der Waals surface area (Å²) in [7, 11) is -3.79. The molecule has 3 N–H and O–H groups in total. The molecule has 1 unspecified atom stereocenters. The molecule has 9 heteroatoms. The first-order valence-corrected chi connectivity index (χ1v) is 10.4. The Labute approximate surface area is 153 Å². The van der Waals surface area contributed by atoms with Gasteiger partial charge in [-0.3, -0.25) is 9.69 Å². The number of likely N-dealkylation sites (tertiary alicyclic amines) is 1. The molecule has 0 radical (unpaired) electrons. The van der Waals surface area contributed by atoms with Crippen LogP contribution in [0.2, 0.25) is 0 Å². The fourth-order valence-electron chi connectivity index (χ4n) is 3.42. The zero-order valence-electron chi connectivity index (χ0n) is 14.6. The molecule has 2 saturated heterocycles. The van der Waals surface area contributed by atoms with Gasteiger partial charge < -0.3 is 14.8 Å². The molecular weight excluding hydrogens is 358 g/mol. The van der Waals surface area contributed by atoms with Crippen molar-refractivity contribution >= 4 is 21.6 Å². The number of amides is 1. The van der Waals surface area contributed by atoms with Gasteiger partial charge in [-0.15, -0.1) is 0 Å². The summed E-state index contributed by atoms with van der Waals surface area (Å²) in [6.45, 7) is 2.77. The number of ether oxygens (including phenoxy) is 2. The minimum atomic E-state index is -3.79. The van der Waals surface area contributed by atoms with E-state index >= 15 is 0 Å². The number of hydrogen-bond acceptors (Lipinski definition) is 6. The van der Waals surface area contributed by atoms with Crippen molar-refractivity contribution in [1.82, 2.24) is 4.90 Å². The van der Waals surface area contributed by atoms with E-state index in [1.807, 2.05) is 0 Å². The monoisotopic (exact) mass is 383 g/mol. The lowest BCUT2D eigenvalue weighted by molar-refractivity contribution is -0.120. The van der Waals surface area contributed by atoms with Gasteiger partial charge in [0, 0.05) is 18.7 Å². The molecule has 0 spiro atoms. The summed E-state index contributed by atoms with van der Waals surface area (Å²) < 4.78 is 34.1. The second-order valence-electron chi connectivity index (χ2n) is 6.58. The van der Waals surface area contributed by atoms with E-state index in [2.05, 4.69) is 10.2 Å². The number of nitrogens with zero attached hydrogens (tertiary/aromatic N) is 1. The molecular formula is C17H25N3O5S. The quantitative estimate of drug-likeness (QED) is 0.755. The minimum Gasteiger partial charge on any atom is -0.349 e. The summed E-state index contributed by atoms with van der Waals surface area (Å²) >= 11 is 0. The first kappa shape index (κ1) is 19.2. The number of carbonyl (C=O) groups is 1. The van der Waals surface area contributed by atoms with Crippen molar-refractivity contribution in [3.8, 4) is 0 Å². The predicted octanol–water partition coefficient (Wildman–Crippen LogP) is 0.890. The highest BCUT2D eigenvalue weighted by Crippen LogP contribution is 2.24. The average molecular weight is 383 g/mol. The van der Waals surface area contributed by atoms with Gasteiger partial charge in [0.05, 0.1) is 24.2 Å². The van der Waals surface area contributed by atoms with E-state index in [0.717, 1.165) is 25.8 Å². The Morgan fingerprint density at radius 1 is 1.27 bits per heavy atom. The molecule has 2 fully saturated rings. The first-order valence-electron chi connectivity index (χ1n) is 8.83. The van der Waals surface area contributed by atoms with Gasteiger partial charge in [-0.05, 0) is 37.6 Å². The van der Waals surface area contributed by atoms with Crippen LogP contribution in [-0.4, -0.2) is 57.9 Å². The summed E-state index contributed by atoms with van der Waals surface area (Å²) in [4.78, 5) is 14.5. The number of carbonyl (C=O) groups excluding carboxylic acids is 1. The summed E-state index contributed by atoms with van der Waals surface area (Å²) in [5, 5.41) is 7.85. The molecule has 2 aliphatic heterocycles. The third-order valence-corrected chi connectivity index (χ3v) is 5.61. The van der Waals surface area contributed by atoms with E-state index in [-0.39, 0.29) is 23.1 Å². The molecule has 2 heterocycles. The number of hydrogen-bond donors (Lipinski definition) is 2. The molecule has 0 bridgehead atoms. The molecule has 1 atom stereocenters. The van der Waals surface area contributed by atoms with Crippen molar-refractivity contribution in [3.05, 3.63) is 24.3 Å². The Balaban J connectivity index is 1.54. The SMILES string of the molecule is NS(=O)(=O)c1cccc(NC(=O)CCN2CCCCC2C2OCCO2)c1. The van der Waals surface area contributed by atoms with Gasteiger partial charge in [0.1, 0.15) is 0 Å². The molecule has 2 aliphatic rings. The third kappa shape index (κ3) is 5.01. The number of nitrogens with two attached hydrogens (primary N) is 1. The van der Waals surface area contributed by atoms with E-state index in [1.54, 1.807) is 12.1 Å². The molecule has 0 aliphatic carbocycles. The fraction of sp³-hybridized carbons (Fsp3) is 0.588. The van der Waals surface area contributed by atoms with Crippen LogP contribution in [0.3, 0.4) is 0 Å². The van der Waals surface area contributed by atoms with Crippen LogP contribution in [0, 0.1) is 0 Å². The van der Waals surface area contributed by atoms with Crippen LogP contribution >= 0.6 is 0 Å². The third-order valence-electron chi connectivity index (χ3n) is 4.70. The first-order chi connectivity index (χ1) is 12.4. The number of primary sulfonamides is 1. The van der Waals surface area contributed by atoms with Gasteiger partial charge in [-0.25, -0.2) is 13.6 Å². The van der Waals surface area contributed by atoms with Crippen LogP contribution in [0.4, 0.5) is 5.69 Å². The second kappa shape index (κ2) is 8.45. The van der Waals surface area contributed by atoms with E-state index in [0.29, 0.717) is 31.9 Å². The number of sulfonamides is 1. The number of nitrogens with one attached hydrogen (secondary N) is 1. The van der Waals surface area contributed by atoms with E-state index in [4.69, 9.17) is 14.6 Å². The molecule has 3 rings (SSSR count). The topological polar surface area (TPSA) is 111 Å². The Morgan fingerprint density at radius 3 is 2.77 bits per heavy atom. The molecule has 1 aromatic carbocycles. The van der Waals surface area contributed by atoms with Gasteiger partial charge >= 0.3 is 0 Å². The standard InChI is InChI=1S/C17H25N3O5S/c18-26(22,23)14-5-3-4-13(12-14)19-16(21)7-9-20-8-2-1-6-15(20)17-24-10-11-25-17/h3-5,12,15,17H,1-2,6-11H2,(H,19,21)(H2,18,22,23). The summed E-state index contributed by atoms with van der Waals surface area (Å²) in [5.74, 6) is -0.172. The number of rotatable bonds is 6. The smallest absolute Gasteiger partial charge is 0.238 e. The van der Waals surface area contributed by atoms with Crippen molar-refractivity contribution in [1.29, 1.82) is 0 Å². The summed E-state index contributed by atoms with van der Waals surface area (Å²) in [5.41, 5.74) is 0.416. The van der Waals surface area contributed by atoms with Crippen molar-refractivity contribution in [2.75, 3.05) is 31.6 Å². The van der Waals surface area contributed by atoms with Crippen LogP contribution in [0.1, 0.15) is 25.7 Å². The average Bonchev–Trinajstić information content (AvgIpc) is 3.14. The van der Waals surface area contributed by atoms with Crippen LogP contribution in [0.5, 0.6) is 0 Å². The van der Waals surface area contributed by atoms with Gasteiger partial charge in [-0.2, -0.15) is 0 Å². The fourth-order valence-corrected chi connectivity index (χ4v) is 3.98. The number of benzene rings is 1. The molecule has 144 valence electrons. The number of piperidine rings is 1. The summed E-state index contributed by atoms with van der Waals surface area (Å²) in [6.07, 6.45) is 3.34. The normalized spacial score (nSPS) is 22.4. The Morgan fingerprint density at radius 2 is 2.04 bits per heavy atom. The molecule has 1 aromatic rings. The molecule has 26 heavy (non-hydrogen) atoms. The van der Waals surface area contributed by atoms with Crippen LogP contribution in [0.25, 0.3) is 0 Å². The maximum atomic E-state index is 12.3. The van der Waals surface area contributed by atoms with E-state index in [1.165, 1.54) is 12.1 Å². The number of anilines is 1. The zero-order valence-corrected chi connectivity index (χ0v) is 15.4. The van der Waals surface area contributed by atoms with Gasteiger partial charge in [-0.1, -0.05) is 12.5 Å². The highest BCUT2D eigenvalue weighted by Gasteiger charge is 2.33. The van der Waals surface area contributed by atoms with Crippen LogP contribution in [-0.2, 0) is 24.3 Å². The van der Waals surface area contributed by atoms with E-state index in [9.17, 15) is 13.2 Å². The van der Waals surface area contributed by atoms with Crippen molar-refractivity contribution in [2.45, 2.75) is 42.9 Å². The van der Waals surface area contributed by atoms with Crippen LogP contribution in [0.15, 0.2) is 29.2 Å². The van der Waals surface area contributed by atoms with Gasteiger partial charge in [0.2, 0.25) is 15.9 Å². The maximum absolute atomic E-state index is 12.3. The Bertz CT molecular complexity index is 734. The molecule has 8 nitrogen and oxygen atoms in total. The molecule has 0 aromatic heterocycles. The largest absolute Gasteiger partial charge is 0.349 e. The van der Waals surface area contributed by atoms with Crippen molar-refractivity contribution in [3.63, 3.8) is 0 Å². The summed E-state index contributed by atoms with van der Waals surface area (Å²) in [6, 6.07) is 6.12. The maximum Gasteiger partial charge on any atom is 0.238 e. The zero-order chi connectivity index (χ0) is 18.6.